The lowest BCUT2D eigenvalue weighted by Gasteiger charge is -2.08. The largest absolute Gasteiger partial charge is 0.461 e. The van der Waals surface area contributed by atoms with Gasteiger partial charge in [-0.2, -0.15) is 5.10 Å². The van der Waals surface area contributed by atoms with Crippen molar-refractivity contribution >= 4 is 17.6 Å². The maximum Gasteiger partial charge on any atom is 0.310 e. The molecule has 0 amide bonds. The van der Waals surface area contributed by atoms with Gasteiger partial charge in [0.05, 0.1) is 17.8 Å². The van der Waals surface area contributed by atoms with Crippen LogP contribution in [0.5, 0.6) is 0 Å². The van der Waals surface area contributed by atoms with Crippen LogP contribution < -0.4 is 0 Å². The number of aromatic nitrogens is 2. The van der Waals surface area contributed by atoms with Gasteiger partial charge in [-0.25, -0.2) is 4.68 Å². The summed E-state index contributed by atoms with van der Waals surface area (Å²) in [7, 11) is 0. The summed E-state index contributed by atoms with van der Waals surface area (Å²) in [6.07, 6.45) is 0.237. The Balaban J connectivity index is 1.57. The zero-order chi connectivity index (χ0) is 17.8. The summed E-state index contributed by atoms with van der Waals surface area (Å²) in [5, 5.41) is 5.11. The number of carbonyl (C=O) groups is 1. The van der Waals surface area contributed by atoms with Crippen LogP contribution in [0, 0.1) is 13.8 Å². The summed E-state index contributed by atoms with van der Waals surface area (Å²) in [6.45, 7) is 4.24. The summed E-state index contributed by atoms with van der Waals surface area (Å²) in [6, 6.07) is 17.1. The third kappa shape index (κ3) is 4.48. The van der Waals surface area contributed by atoms with Crippen molar-refractivity contribution in [2.45, 2.75) is 26.9 Å². The number of hydrogen-bond acceptors (Lipinski definition) is 3. The van der Waals surface area contributed by atoms with Gasteiger partial charge in [0.1, 0.15) is 6.61 Å². The van der Waals surface area contributed by atoms with Crippen molar-refractivity contribution in [3.05, 3.63) is 82.1 Å². The topological polar surface area (TPSA) is 44.1 Å². The summed E-state index contributed by atoms with van der Waals surface area (Å²) in [5.74, 6) is -0.259. The molecule has 25 heavy (non-hydrogen) atoms. The van der Waals surface area contributed by atoms with E-state index >= 15 is 0 Å². The molecular formula is C20H19ClN2O2. The van der Waals surface area contributed by atoms with Crippen molar-refractivity contribution in [3.63, 3.8) is 0 Å². The van der Waals surface area contributed by atoms with Crippen LogP contribution in [-0.4, -0.2) is 15.7 Å². The van der Waals surface area contributed by atoms with Gasteiger partial charge in [-0.1, -0.05) is 35.9 Å². The number of halogens is 1. The van der Waals surface area contributed by atoms with Crippen molar-refractivity contribution in [1.82, 2.24) is 9.78 Å². The molecule has 1 heterocycles. The van der Waals surface area contributed by atoms with Crippen LogP contribution in [0.4, 0.5) is 0 Å². The number of nitrogens with zero attached hydrogens (tertiary/aromatic N) is 2. The molecule has 5 heteroatoms. The summed E-state index contributed by atoms with van der Waals surface area (Å²) in [4.78, 5) is 11.9. The molecule has 0 aliphatic heterocycles. The van der Waals surface area contributed by atoms with Gasteiger partial charge in [0, 0.05) is 10.7 Å². The van der Waals surface area contributed by atoms with E-state index in [0.717, 1.165) is 28.2 Å². The molecule has 0 aliphatic carbocycles. The highest BCUT2D eigenvalue weighted by molar-refractivity contribution is 6.30. The Labute approximate surface area is 152 Å². The van der Waals surface area contributed by atoms with E-state index in [1.54, 1.807) is 12.1 Å². The predicted octanol–water partition coefficient (Wildman–Crippen LogP) is 4.43. The number of ether oxygens (including phenoxy) is 1. The van der Waals surface area contributed by atoms with Crippen molar-refractivity contribution < 1.29 is 9.53 Å². The highest BCUT2D eigenvalue weighted by Crippen LogP contribution is 2.14. The first kappa shape index (κ1) is 17.2. The first-order chi connectivity index (χ1) is 12.0. The SMILES string of the molecule is Cc1cc(C)n(-c2ccc(COC(=O)Cc3ccc(Cl)cc3)cc2)n1. The maximum atomic E-state index is 11.9. The number of rotatable bonds is 5. The average Bonchev–Trinajstić information content (AvgIpc) is 2.94. The van der Waals surface area contributed by atoms with Crippen LogP contribution >= 0.6 is 11.6 Å². The first-order valence-corrected chi connectivity index (χ1v) is 8.42. The van der Waals surface area contributed by atoms with Gasteiger partial charge in [0.2, 0.25) is 0 Å². The quantitative estimate of drug-likeness (QED) is 0.637. The predicted molar refractivity (Wildman–Crippen MR) is 98.0 cm³/mol. The Hall–Kier alpha value is -2.59. The molecule has 0 aliphatic rings. The van der Waals surface area contributed by atoms with Crippen LogP contribution in [0.2, 0.25) is 5.02 Å². The first-order valence-electron chi connectivity index (χ1n) is 8.04. The van der Waals surface area contributed by atoms with Gasteiger partial charge in [-0.3, -0.25) is 4.79 Å². The minimum absolute atomic E-state index is 0.237. The molecule has 4 nitrogen and oxygen atoms in total. The van der Waals surface area contributed by atoms with Gasteiger partial charge in [0.25, 0.3) is 0 Å². The van der Waals surface area contributed by atoms with Gasteiger partial charge in [-0.15, -0.1) is 0 Å². The third-order valence-electron chi connectivity index (χ3n) is 3.85. The normalized spacial score (nSPS) is 10.7. The van der Waals surface area contributed by atoms with E-state index in [9.17, 15) is 4.79 Å². The van der Waals surface area contributed by atoms with Gasteiger partial charge < -0.3 is 4.74 Å². The molecule has 0 fully saturated rings. The molecule has 2 aromatic carbocycles. The van der Waals surface area contributed by atoms with Crippen LogP contribution in [0.1, 0.15) is 22.5 Å². The van der Waals surface area contributed by atoms with Crippen LogP contribution in [0.25, 0.3) is 5.69 Å². The Morgan fingerprint density at radius 3 is 2.28 bits per heavy atom. The van der Waals surface area contributed by atoms with Crippen LogP contribution in [-0.2, 0) is 22.6 Å². The fourth-order valence-electron chi connectivity index (χ4n) is 2.61. The maximum absolute atomic E-state index is 11.9. The summed E-state index contributed by atoms with van der Waals surface area (Å²) < 4.78 is 7.24. The van der Waals surface area contributed by atoms with Gasteiger partial charge in [0.15, 0.2) is 0 Å². The van der Waals surface area contributed by atoms with E-state index in [-0.39, 0.29) is 19.0 Å². The molecule has 1 aromatic heterocycles. The van der Waals surface area contributed by atoms with Crippen molar-refractivity contribution in [3.8, 4) is 5.69 Å². The summed E-state index contributed by atoms with van der Waals surface area (Å²) in [5.41, 5.74) is 4.88. The number of hydrogen-bond donors (Lipinski definition) is 0. The fourth-order valence-corrected chi connectivity index (χ4v) is 2.73. The van der Waals surface area contributed by atoms with E-state index in [4.69, 9.17) is 16.3 Å². The smallest absolute Gasteiger partial charge is 0.310 e. The average molecular weight is 355 g/mol. The monoisotopic (exact) mass is 354 g/mol. The zero-order valence-electron chi connectivity index (χ0n) is 14.2. The lowest BCUT2D eigenvalue weighted by Crippen LogP contribution is -2.08. The molecule has 0 radical (unpaired) electrons. The molecule has 0 unspecified atom stereocenters. The van der Waals surface area contributed by atoms with Crippen molar-refractivity contribution in [2.75, 3.05) is 0 Å². The molecule has 0 bridgehead atoms. The van der Waals surface area contributed by atoms with Crippen molar-refractivity contribution in [1.29, 1.82) is 0 Å². The second kappa shape index (κ2) is 7.53. The van der Waals surface area contributed by atoms with E-state index in [0.29, 0.717) is 5.02 Å². The fraction of sp³-hybridized carbons (Fsp3) is 0.200. The van der Waals surface area contributed by atoms with E-state index < -0.39 is 0 Å². The Morgan fingerprint density at radius 1 is 1.04 bits per heavy atom. The molecule has 0 spiro atoms. The number of carbonyl (C=O) groups excluding carboxylic acids is 1. The lowest BCUT2D eigenvalue weighted by molar-refractivity contribution is -0.144. The van der Waals surface area contributed by atoms with Gasteiger partial charge in [-0.05, 0) is 55.3 Å². The second-order valence-corrected chi connectivity index (χ2v) is 6.41. The lowest BCUT2D eigenvalue weighted by atomic mass is 10.1. The highest BCUT2D eigenvalue weighted by atomic mass is 35.5. The number of esters is 1. The minimum atomic E-state index is -0.259. The molecule has 0 saturated heterocycles. The number of aryl methyl sites for hydroxylation is 2. The number of benzene rings is 2. The van der Waals surface area contributed by atoms with E-state index in [1.165, 1.54) is 0 Å². The summed E-state index contributed by atoms with van der Waals surface area (Å²) >= 11 is 5.84. The van der Waals surface area contributed by atoms with Crippen molar-refractivity contribution in [2.24, 2.45) is 0 Å². The van der Waals surface area contributed by atoms with Crippen LogP contribution in [0.3, 0.4) is 0 Å². The van der Waals surface area contributed by atoms with Crippen LogP contribution in [0.15, 0.2) is 54.6 Å². The molecule has 3 aromatic rings. The molecule has 0 atom stereocenters. The molecule has 0 N–H and O–H groups in total. The molecule has 3 rings (SSSR count). The Bertz CT molecular complexity index is 868. The molecule has 128 valence electrons. The van der Waals surface area contributed by atoms with E-state index in [1.807, 2.05) is 61.0 Å². The Kier molecular flexibility index (Phi) is 5.19. The van der Waals surface area contributed by atoms with Gasteiger partial charge >= 0.3 is 5.97 Å². The standard InChI is InChI=1S/C20H19ClN2O2/c1-14-11-15(2)23(22-14)19-9-5-17(6-10-19)13-25-20(24)12-16-3-7-18(21)8-4-16/h3-11H,12-13H2,1-2H3. The minimum Gasteiger partial charge on any atom is -0.461 e. The van der Waals surface area contributed by atoms with E-state index in [2.05, 4.69) is 5.10 Å². The molecule has 0 saturated carbocycles. The second-order valence-electron chi connectivity index (χ2n) is 5.97. The Morgan fingerprint density at radius 2 is 1.68 bits per heavy atom. The zero-order valence-corrected chi connectivity index (χ0v) is 15.0. The third-order valence-corrected chi connectivity index (χ3v) is 4.10. The highest BCUT2D eigenvalue weighted by Gasteiger charge is 2.07. The molecular weight excluding hydrogens is 336 g/mol.